The zero-order valence-electron chi connectivity index (χ0n) is 38.4. The summed E-state index contributed by atoms with van der Waals surface area (Å²) in [5, 5.41) is 13.7. The molecule has 60 heavy (non-hydrogen) atoms. The molecule has 0 saturated carbocycles. The molecule has 0 aromatic heterocycles. The van der Waals surface area contributed by atoms with E-state index in [0.29, 0.717) is 17.4 Å². The van der Waals surface area contributed by atoms with Gasteiger partial charge in [-0.25, -0.2) is 4.57 Å². The summed E-state index contributed by atoms with van der Waals surface area (Å²) in [5.41, 5.74) is 0. The highest BCUT2D eigenvalue weighted by Gasteiger charge is 2.27. The van der Waals surface area contributed by atoms with Crippen molar-refractivity contribution in [3.8, 4) is 0 Å². The van der Waals surface area contributed by atoms with Crippen LogP contribution in [0.4, 0.5) is 0 Å². The van der Waals surface area contributed by atoms with Gasteiger partial charge in [-0.15, -0.1) is 0 Å². The topological polar surface area (TPSA) is 105 Å². The molecule has 0 spiro atoms. The van der Waals surface area contributed by atoms with Gasteiger partial charge in [-0.2, -0.15) is 0 Å². The third kappa shape index (κ3) is 43.0. The number of hydrogen-bond donors (Lipinski definition) is 3. The van der Waals surface area contributed by atoms with Crippen LogP contribution < -0.4 is 5.32 Å². The van der Waals surface area contributed by atoms with Gasteiger partial charge in [-0.05, 0) is 96.3 Å². The Morgan fingerprint density at radius 2 is 1.02 bits per heavy atom. The molecule has 0 aliphatic heterocycles. The fourth-order valence-corrected chi connectivity index (χ4v) is 6.28. The van der Waals surface area contributed by atoms with E-state index in [1.165, 1.54) is 32.1 Å². The number of quaternary nitrogens is 1. The molecule has 1 amide bonds. The molecule has 3 N–H and O–H groups in total. The Bertz CT molecular complexity index is 1380. The average molecular weight is 854 g/mol. The van der Waals surface area contributed by atoms with Crippen LogP contribution in [0.1, 0.15) is 142 Å². The molecule has 0 fully saturated rings. The van der Waals surface area contributed by atoms with Gasteiger partial charge in [-0.1, -0.05) is 161 Å². The van der Waals surface area contributed by atoms with Gasteiger partial charge in [0, 0.05) is 6.42 Å². The number of aliphatic hydroxyl groups excluding tert-OH is 1. The van der Waals surface area contributed by atoms with Crippen molar-refractivity contribution >= 4 is 13.7 Å². The van der Waals surface area contributed by atoms with Crippen LogP contribution in [0.2, 0.25) is 0 Å². The summed E-state index contributed by atoms with van der Waals surface area (Å²) >= 11 is 0. The first-order valence-corrected chi connectivity index (χ1v) is 24.4. The number of phosphoric ester groups is 1. The summed E-state index contributed by atoms with van der Waals surface area (Å²) in [5.74, 6) is -0.238. The number of likely N-dealkylation sites (N-methyl/N-ethyl adjacent to an activating group) is 1. The van der Waals surface area contributed by atoms with E-state index in [4.69, 9.17) is 9.05 Å². The molecule has 0 bridgehead atoms. The lowest BCUT2D eigenvalue weighted by molar-refractivity contribution is -0.870. The van der Waals surface area contributed by atoms with Crippen LogP contribution in [0, 0.1) is 0 Å². The van der Waals surface area contributed by atoms with Gasteiger partial charge >= 0.3 is 7.82 Å². The Balaban J connectivity index is 4.45. The molecule has 0 aromatic rings. The van der Waals surface area contributed by atoms with Crippen molar-refractivity contribution in [2.75, 3.05) is 40.9 Å². The van der Waals surface area contributed by atoms with Crippen LogP contribution in [-0.4, -0.2) is 73.4 Å². The molecular formula is C51H86N2O6P+. The summed E-state index contributed by atoms with van der Waals surface area (Å²) in [7, 11) is 1.50. The van der Waals surface area contributed by atoms with Gasteiger partial charge in [0.1, 0.15) is 13.2 Å². The van der Waals surface area contributed by atoms with Gasteiger partial charge in [-0.3, -0.25) is 13.8 Å². The van der Waals surface area contributed by atoms with Crippen molar-refractivity contribution < 1.29 is 32.9 Å². The lowest BCUT2D eigenvalue weighted by Gasteiger charge is -2.25. The van der Waals surface area contributed by atoms with E-state index in [2.05, 4.69) is 129 Å². The molecule has 0 aliphatic carbocycles. The van der Waals surface area contributed by atoms with E-state index in [1.54, 1.807) is 6.08 Å². The zero-order chi connectivity index (χ0) is 44.3. The minimum Gasteiger partial charge on any atom is -0.387 e. The number of hydrogen-bond acceptors (Lipinski definition) is 5. The Kier molecular flexibility index (Phi) is 39.1. The van der Waals surface area contributed by atoms with E-state index in [0.717, 1.165) is 83.5 Å². The number of unbranched alkanes of at least 4 members (excludes halogenated alkanes) is 8. The summed E-state index contributed by atoms with van der Waals surface area (Å²) in [4.78, 5) is 23.1. The Labute approximate surface area is 367 Å². The maximum atomic E-state index is 12.8. The number of nitrogens with one attached hydrogen (secondary N) is 1. The van der Waals surface area contributed by atoms with E-state index < -0.39 is 20.0 Å². The van der Waals surface area contributed by atoms with Crippen molar-refractivity contribution in [1.29, 1.82) is 0 Å². The van der Waals surface area contributed by atoms with Crippen LogP contribution in [0.5, 0.6) is 0 Å². The fourth-order valence-electron chi connectivity index (χ4n) is 5.54. The first kappa shape index (κ1) is 56.9. The molecule has 0 saturated heterocycles. The standard InChI is InChI=1S/C51H85N2O6P/c1-6-8-10-12-14-16-18-19-20-21-22-23-24-25-26-27-28-29-30-31-32-33-35-37-39-41-43-45-51(55)52-49(48-59-60(56,57)58-47-46-53(3,4)5)50(54)44-42-40-38-36-34-17-15-13-11-9-7-2/h8,10,14,16,19-20,22-23,25-26,28-29,31-32,34-37,42,44,49-50,54H,6-7,9,11-13,15,17-18,21,24,27,30,33,38-41,43,45-48H2,1-5H3,(H-,52,55,56,57)/p+1/b10-8-,16-14-,20-19-,23-22-,26-25-,29-28-,32-31-,36-34+,37-35-,44-42+. The van der Waals surface area contributed by atoms with Crippen molar-refractivity contribution in [1.82, 2.24) is 5.32 Å². The molecule has 0 aliphatic rings. The average Bonchev–Trinajstić information content (AvgIpc) is 3.20. The van der Waals surface area contributed by atoms with E-state index >= 15 is 0 Å². The SMILES string of the molecule is CC/C=C\C/C=C\C/C=C\C/C=C\C/C=C\C/C=C\C/C=C\C/C=C\CCCCC(=O)NC(COP(=O)(O)OCC[N+](C)(C)C)C(O)/C=C/CC/C=C/CCCCCCC. The summed E-state index contributed by atoms with van der Waals surface area (Å²) in [6.45, 7) is 4.58. The number of carbonyl (C=O) groups excluding carboxylic acids is 1. The van der Waals surface area contributed by atoms with Gasteiger partial charge in [0.05, 0.1) is 39.9 Å². The molecule has 0 radical (unpaired) electrons. The number of allylic oxidation sites excluding steroid dienone is 19. The monoisotopic (exact) mass is 854 g/mol. The lowest BCUT2D eigenvalue weighted by Crippen LogP contribution is -2.45. The van der Waals surface area contributed by atoms with Gasteiger partial charge in [0.15, 0.2) is 0 Å². The first-order chi connectivity index (χ1) is 29.0. The molecule has 0 heterocycles. The number of carbonyl (C=O) groups is 1. The second-order valence-electron chi connectivity index (χ2n) is 16.0. The summed E-state index contributed by atoms with van der Waals surface area (Å²) in [6, 6.07) is -0.894. The second-order valence-corrected chi connectivity index (χ2v) is 17.5. The molecule has 340 valence electrons. The Morgan fingerprint density at radius 3 is 1.52 bits per heavy atom. The highest BCUT2D eigenvalue weighted by atomic mass is 31.2. The van der Waals surface area contributed by atoms with Crippen molar-refractivity contribution in [2.24, 2.45) is 0 Å². The van der Waals surface area contributed by atoms with Crippen molar-refractivity contribution in [3.05, 3.63) is 122 Å². The predicted molar refractivity (Wildman–Crippen MR) is 258 cm³/mol. The highest BCUT2D eigenvalue weighted by Crippen LogP contribution is 2.43. The van der Waals surface area contributed by atoms with Crippen LogP contribution in [0.25, 0.3) is 0 Å². The van der Waals surface area contributed by atoms with E-state index in [1.807, 2.05) is 27.2 Å². The Hall–Kier alpha value is -3.10. The molecule has 0 rings (SSSR count). The Morgan fingerprint density at radius 1 is 0.583 bits per heavy atom. The third-order valence-electron chi connectivity index (χ3n) is 9.17. The van der Waals surface area contributed by atoms with Gasteiger partial charge in [0.25, 0.3) is 0 Å². The summed E-state index contributed by atoms with van der Waals surface area (Å²) in [6.07, 6.45) is 61.4. The number of phosphoric acid groups is 1. The number of aliphatic hydroxyl groups is 1. The highest BCUT2D eigenvalue weighted by molar-refractivity contribution is 7.47. The van der Waals surface area contributed by atoms with E-state index in [9.17, 15) is 19.4 Å². The van der Waals surface area contributed by atoms with Crippen LogP contribution in [0.3, 0.4) is 0 Å². The summed E-state index contributed by atoms with van der Waals surface area (Å²) < 4.78 is 23.5. The normalized spacial score (nSPS) is 15.4. The minimum atomic E-state index is -4.36. The van der Waals surface area contributed by atoms with Gasteiger partial charge in [0.2, 0.25) is 5.91 Å². The maximum Gasteiger partial charge on any atom is 0.472 e. The number of amides is 1. The van der Waals surface area contributed by atoms with Crippen molar-refractivity contribution in [3.63, 3.8) is 0 Å². The third-order valence-corrected chi connectivity index (χ3v) is 10.1. The van der Waals surface area contributed by atoms with Crippen molar-refractivity contribution in [2.45, 2.75) is 154 Å². The molecule has 9 heteroatoms. The van der Waals surface area contributed by atoms with E-state index in [-0.39, 0.29) is 25.5 Å². The number of rotatable bonds is 39. The smallest absolute Gasteiger partial charge is 0.387 e. The maximum absolute atomic E-state index is 12.8. The first-order valence-electron chi connectivity index (χ1n) is 22.9. The number of nitrogens with zero attached hydrogens (tertiary/aromatic N) is 1. The molecule has 3 atom stereocenters. The van der Waals surface area contributed by atoms with Crippen LogP contribution in [0.15, 0.2) is 122 Å². The minimum absolute atomic E-state index is 0.0398. The molecule has 8 nitrogen and oxygen atoms in total. The molecule has 3 unspecified atom stereocenters. The molecular weight excluding hydrogens is 768 g/mol. The quantitative estimate of drug-likeness (QED) is 0.0246. The van der Waals surface area contributed by atoms with Crippen LogP contribution in [-0.2, 0) is 18.4 Å². The van der Waals surface area contributed by atoms with Gasteiger partial charge < -0.3 is 19.8 Å². The lowest BCUT2D eigenvalue weighted by atomic mass is 10.1. The zero-order valence-corrected chi connectivity index (χ0v) is 39.3. The fraction of sp³-hybridized carbons (Fsp3) is 0.588. The second kappa shape index (κ2) is 41.3. The van der Waals surface area contributed by atoms with Crippen LogP contribution >= 0.6 is 7.82 Å². The largest absolute Gasteiger partial charge is 0.472 e. The predicted octanol–water partition coefficient (Wildman–Crippen LogP) is 13.1. The molecule has 0 aromatic carbocycles.